The van der Waals surface area contributed by atoms with Gasteiger partial charge in [-0.15, -0.1) is 0 Å². The fourth-order valence-corrected chi connectivity index (χ4v) is 2.37. The lowest BCUT2D eigenvalue weighted by Gasteiger charge is -2.29. The molecule has 19 heavy (non-hydrogen) atoms. The third kappa shape index (κ3) is 5.33. The fraction of sp³-hybridized carbons (Fsp3) is 0.647. The number of hydrogen-bond donors (Lipinski definition) is 1. The van der Waals surface area contributed by atoms with Gasteiger partial charge in [-0.05, 0) is 44.7 Å². The maximum absolute atomic E-state index is 5.51. The fourth-order valence-electron chi connectivity index (χ4n) is 2.37. The lowest BCUT2D eigenvalue weighted by molar-refractivity contribution is 0.00966. The van der Waals surface area contributed by atoms with Crippen LogP contribution < -0.4 is 5.32 Å². The molecule has 108 valence electrons. The Morgan fingerprint density at radius 2 is 1.84 bits per heavy atom. The summed E-state index contributed by atoms with van der Waals surface area (Å²) in [5.74, 6) is 0.594. The van der Waals surface area contributed by atoms with E-state index in [1.54, 1.807) is 7.11 Å². The molecule has 0 spiro atoms. The molecule has 0 radical (unpaired) electrons. The Hall–Kier alpha value is -0.860. The Morgan fingerprint density at radius 1 is 1.21 bits per heavy atom. The van der Waals surface area contributed by atoms with Crippen molar-refractivity contribution in [1.29, 1.82) is 0 Å². The molecule has 0 saturated carbocycles. The highest BCUT2D eigenvalue weighted by molar-refractivity contribution is 5.19. The van der Waals surface area contributed by atoms with Crippen molar-refractivity contribution in [2.45, 2.75) is 52.2 Å². The van der Waals surface area contributed by atoms with Crippen LogP contribution in [0.4, 0.5) is 0 Å². The number of nitrogens with one attached hydrogen (secondary N) is 1. The minimum atomic E-state index is -0.0261. The number of ether oxygens (including phenoxy) is 1. The average Bonchev–Trinajstić information content (AvgIpc) is 2.43. The summed E-state index contributed by atoms with van der Waals surface area (Å²) in [7, 11) is 1.80. The number of rotatable bonds is 8. The van der Waals surface area contributed by atoms with Crippen LogP contribution in [0.25, 0.3) is 0 Å². The molecule has 0 aliphatic carbocycles. The highest BCUT2D eigenvalue weighted by atomic mass is 16.5. The number of methoxy groups -OCH3 is 1. The van der Waals surface area contributed by atoms with Crippen LogP contribution in [0.15, 0.2) is 30.3 Å². The van der Waals surface area contributed by atoms with E-state index >= 15 is 0 Å². The van der Waals surface area contributed by atoms with Gasteiger partial charge in [0.15, 0.2) is 0 Å². The quantitative estimate of drug-likeness (QED) is 0.759. The molecular weight excluding hydrogens is 234 g/mol. The molecule has 0 aliphatic rings. The van der Waals surface area contributed by atoms with Crippen molar-refractivity contribution in [2.75, 3.05) is 13.7 Å². The van der Waals surface area contributed by atoms with Gasteiger partial charge in [0.1, 0.15) is 0 Å². The molecular formula is C17H29NO. The molecule has 2 heteroatoms. The van der Waals surface area contributed by atoms with Gasteiger partial charge in [-0.2, -0.15) is 0 Å². The summed E-state index contributed by atoms with van der Waals surface area (Å²) in [6.45, 7) is 9.81. The zero-order chi connectivity index (χ0) is 14.3. The summed E-state index contributed by atoms with van der Waals surface area (Å²) in [5, 5.41) is 3.61. The molecule has 2 nitrogen and oxygen atoms in total. The van der Waals surface area contributed by atoms with E-state index in [9.17, 15) is 0 Å². The molecule has 0 amide bonds. The molecule has 0 aliphatic heterocycles. The number of hydrogen-bond acceptors (Lipinski definition) is 2. The van der Waals surface area contributed by atoms with Crippen molar-refractivity contribution < 1.29 is 4.74 Å². The predicted octanol–water partition coefficient (Wildman–Crippen LogP) is 4.18. The lowest BCUT2D eigenvalue weighted by Crippen LogP contribution is -2.29. The minimum absolute atomic E-state index is 0.0261. The Bertz CT molecular complexity index is 348. The molecule has 0 bridgehead atoms. The Morgan fingerprint density at radius 3 is 2.37 bits per heavy atom. The highest BCUT2D eigenvalue weighted by Gasteiger charge is 2.22. The van der Waals surface area contributed by atoms with E-state index in [0.717, 1.165) is 19.4 Å². The van der Waals surface area contributed by atoms with E-state index < -0.39 is 0 Å². The first-order valence-electron chi connectivity index (χ1n) is 7.33. The van der Waals surface area contributed by atoms with Gasteiger partial charge in [0.05, 0.1) is 5.60 Å². The zero-order valence-electron chi connectivity index (χ0n) is 13.1. The average molecular weight is 263 g/mol. The van der Waals surface area contributed by atoms with Gasteiger partial charge in [0.25, 0.3) is 0 Å². The van der Waals surface area contributed by atoms with Gasteiger partial charge in [0.2, 0.25) is 0 Å². The van der Waals surface area contributed by atoms with E-state index in [-0.39, 0.29) is 5.60 Å². The van der Waals surface area contributed by atoms with Crippen LogP contribution in [0.2, 0.25) is 0 Å². The van der Waals surface area contributed by atoms with E-state index in [4.69, 9.17) is 4.74 Å². The molecule has 1 aromatic carbocycles. The molecule has 1 rings (SSSR count). The minimum Gasteiger partial charge on any atom is -0.379 e. The Kier molecular flexibility index (Phi) is 6.53. The van der Waals surface area contributed by atoms with Crippen LogP contribution in [0.3, 0.4) is 0 Å². The predicted molar refractivity (Wildman–Crippen MR) is 82.3 cm³/mol. The summed E-state index contributed by atoms with van der Waals surface area (Å²) in [6, 6.07) is 11.2. The first-order chi connectivity index (χ1) is 9.00. The number of benzene rings is 1. The van der Waals surface area contributed by atoms with Crippen molar-refractivity contribution in [3.05, 3.63) is 35.9 Å². The molecule has 0 aromatic heterocycles. The molecule has 0 saturated heterocycles. The van der Waals surface area contributed by atoms with Crippen LogP contribution >= 0.6 is 0 Å². The SMILES string of the molecule is CCNC(c1ccccc1)C(C)CCC(C)(C)OC. The topological polar surface area (TPSA) is 21.3 Å². The van der Waals surface area contributed by atoms with Gasteiger partial charge in [0, 0.05) is 13.2 Å². The zero-order valence-corrected chi connectivity index (χ0v) is 13.1. The largest absolute Gasteiger partial charge is 0.379 e. The summed E-state index contributed by atoms with van der Waals surface area (Å²) in [6.07, 6.45) is 2.24. The first-order valence-corrected chi connectivity index (χ1v) is 7.33. The monoisotopic (exact) mass is 263 g/mol. The summed E-state index contributed by atoms with van der Waals surface area (Å²) >= 11 is 0. The standard InChI is InChI=1S/C17H29NO/c1-6-18-16(15-10-8-7-9-11-15)14(2)12-13-17(3,4)19-5/h7-11,14,16,18H,6,12-13H2,1-5H3. The highest BCUT2D eigenvalue weighted by Crippen LogP contribution is 2.28. The second kappa shape index (κ2) is 7.66. The molecule has 0 fully saturated rings. The molecule has 1 aromatic rings. The molecule has 0 heterocycles. The van der Waals surface area contributed by atoms with Crippen LogP contribution in [-0.4, -0.2) is 19.3 Å². The van der Waals surface area contributed by atoms with Crippen molar-refractivity contribution in [2.24, 2.45) is 5.92 Å². The van der Waals surface area contributed by atoms with E-state index in [1.165, 1.54) is 5.56 Å². The second-order valence-corrected chi connectivity index (χ2v) is 5.93. The van der Waals surface area contributed by atoms with Gasteiger partial charge in [-0.3, -0.25) is 0 Å². The molecule has 2 atom stereocenters. The summed E-state index contributed by atoms with van der Waals surface area (Å²) in [5.41, 5.74) is 1.36. The van der Waals surface area contributed by atoms with Crippen LogP contribution in [0.5, 0.6) is 0 Å². The van der Waals surface area contributed by atoms with Gasteiger partial charge in [-0.1, -0.05) is 44.2 Å². The lowest BCUT2D eigenvalue weighted by atomic mass is 9.87. The van der Waals surface area contributed by atoms with Gasteiger partial charge >= 0.3 is 0 Å². The molecule has 2 unspecified atom stereocenters. The third-order valence-corrected chi connectivity index (χ3v) is 3.91. The van der Waals surface area contributed by atoms with Crippen molar-refractivity contribution in [3.8, 4) is 0 Å². The van der Waals surface area contributed by atoms with E-state index in [2.05, 4.69) is 63.3 Å². The van der Waals surface area contributed by atoms with Gasteiger partial charge in [-0.25, -0.2) is 0 Å². The maximum Gasteiger partial charge on any atom is 0.0622 e. The smallest absolute Gasteiger partial charge is 0.0622 e. The normalized spacial score (nSPS) is 15.2. The van der Waals surface area contributed by atoms with Crippen molar-refractivity contribution >= 4 is 0 Å². The summed E-state index contributed by atoms with van der Waals surface area (Å²) in [4.78, 5) is 0. The third-order valence-electron chi connectivity index (χ3n) is 3.91. The molecule has 1 N–H and O–H groups in total. The van der Waals surface area contributed by atoms with E-state index in [0.29, 0.717) is 12.0 Å². The van der Waals surface area contributed by atoms with Gasteiger partial charge < -0.3 is 10.1 Å². The van der Waals surface area contributed by atoms with E-state index in [1.807, 2.05) is 0 Å². The first kappa shape index (κ1) is 16.2. The Labute approximate surface area is 118 Å². The maximum atomic E-state index is 5.51. The summed E-state index contributed by atoms with van der Waals surface area (Å²) < 4.78 is 5.51. The van der Waals surface area contributed by atoms with Crippen LogP contribution in [0.1, 0.15) is 52.1 Å². The second-order valence-electron chi connectivity index (χ2n) is 5.93. The van der Waals surface area contributed by atoms with Crippen molar-refractivity contribution in [1.82, 2.24) is 5.32 Å². The van der Waals surface area contributed by atoms with Crippen LogP contribution in [0, 0.1) is 5.92 Å². The Balaban J connectivity index is 2.66. The van der Waals surface area contributed by atoms with Crippen molar-refractivity contribution in [3.63, 3.8) is 0 Å². The van der Waals surface area contributed by atoms with Crippen LogP contribution in [-0.2, 0) is 4.74 Å².